The molecule has 1 aromatic rings. The normalized spacial score (nSPS) is 22.6. The van der Waals surface area contributed by atoms with Gasteiger partial charge in [-0.3, -0.25) is 4.18 Å². The average molecular weight is 294 g/mol. The molecule has 1 aromatic carbocycles. The van der Waals surface area contributed by atoms with Crippen molar-refractivity contribution in [2.75, 3.05) is 0 Å². The van der Waals surface area contributed by atoms with Crippen molar-refractivity contribution < 1.29 is 12.6 Å². The molecule has 2 aliphatic rings. The van der Waals surface area contributed by atoms with Gasteiger partial charge in [-0.1, -0.05) is 37.0 Å². The van der Waals surface area contributed by atoms with Crippen LogP contribution in [0.25, 0.3) is 0 Å². The van der Waals surface area contributed by atoms with E-state index < -0.39 is 10.1 Å². The summed E-state index contributed by atoms with van der Waals surface area (Å²) < 4.78 is 29.8. The van der Waals surface area contributed by atoms with E-state index in [1.807, 2.05) is 6.92 Å². The van der Waals surface area contributed by atoms with Gasteiger partial charge in [-0.15, -0.1) is 0 Å². The summed E-state index contributed by atoms with van der Waals surface area (Å²) in [4.78, 5) is 0.271. The molecule has 0 aromatic heterocycles. The highest BCUT2D eigenvalue weighted by molar-refractivity contribution is 7.86. The molecule has 0 bridgehead atoms. The zero-order chi connectivity index (χ0) is 14.2. The van der Waals surface area contributed by atoms with Crippen molar-refractivity contribution in [2.24, 2.45) is 5.41 Å². The van der Waals surface area contributed by atoms with E-state index in [0.29, 0.717) is 5.41 Å². The summed E-state index contributed by atoms with van der Waals surface area (Å²) >= 11 is 0. The zero-order valence-corrected chi connectivity index (χ0v) is 12.8. The van der Waals surface area contributed by atoms with Crippen LogP contribution in [0.2, 0.25) is 0 Å². The van der Waals surface area contributed by atoms with Crippen LogP contribution in [-0.2, 0) is 14.3 Å². The first-order valence-corrected chi connectivity index (χ1v) is 8.90. The van der Waals surface area contributed by atoms with Gasteiger partial charge in [-0.05, 0) is 50.2 Å². The van der Waals surface area contributed by atoms with E-state index >= 15 is 0 Å². The van der Waals surface area contributed by atoms with Gasteiger partial charge in [-0.2, -0.15) is 8.42 Å². The molecule has 0 unspecified atom stereocenters. The molecule has 2 fully saturated rings. The summed E-state index contributed by atoms with van der Waals surface area (Å²) in [7, 11) is -3.59. The van der Waals surface area contributed by atoms with Crippen molar-refractivity contribution in [3.63, 3.8) is 0 Å². The third-order valence-corrected chi connectivity index (χ3v) is 6.18. The van der Waals surface area contributed by atoms with E-state index in [1.165, 1.54) is 32.1 Å². The first-order valence-electron chi connectivity index (χ1n) is 7.49. The third kappa shape index (κ3) is 2.77. The van der Waals surface area contributed by atoms with E-state index in [-0.39, 0.29) is 11.0 Å². The van der Waals surface area contributed by atoms with Gasteiger partial charge >= 0.3 is 0 Å². The van der Waals surface area contributed by atoms with Crippen LogP contribution in [0, 0.1) is 12.3 Å². The first-order chi connectivity index (χ1) is 9.49. The van der Waals surface area contributed by atoms with Gasteiger partial charge in [0.1, 0.15) is 0 Å². The fourth-order valence-corrected chi connectivity index (χ4v) is 4.70. The van der Waals surface area contributed by atoms with Crippen molar-refractivity contribution in [1.29, 1.82) is 0 Å². The lowest BCUT2D eigenvalue weighted by molar-refractivity contribution is -0.0359. The number of rotatable bonds is 3. The van der Waals surface area contributed by atoms with Gasteiger partial charge in [0.05, 0.1) is 11.0 Å². The topological polar surface area (TPSA) is 43.4 Å². The number of benzene rings is 1. The van der Waals surface area contributed by atoms with Crippen LogP contribution < -0.4 is 0 Å². The molecular formula is C16H22O3S. The minimum Gasteiger partial charge on any atom is -0.263 e. The zero-order valence-electron chi connectivity index (χ0n) is 12.0. The van der Waals surface area contributed by atoms with Crippen molar-refractivity contribution in [3.8, 4) is 0 Å². The van der Waals surface area contributed by atoms with E-state index in [4.69, 9.17) is 4.18 Å². The van der Waals surface area contributed by atoms with Crippen LogP contribution in [-0.4, -0.2) is 14.5 Å². The Kier molecular flexibility index (Phi) is 3.63. The monoisotopic (exact) mass is 294 g/mol. The summed E-state index contributed by atoms with van der Waals surface area (Å²) in [5.41, 5.74) is 1.44. The molecule has 2 saturated carbocycles. The molecule has 110 valence electrons. The van der Waals surface area contributed by atoms with Crippen LogP contribution in [0.4, 0.5) is 0 Å². The van der Waals surface area contributed by atoms with Gasteiger partial charge in [-0.25, -0.2) is 0 Å². The van der Waals surface area contributed by atoms with Crippen LogP contribution in [0.1, 0.15) is 50.5 Å². The Morgan fingerprint density at radius 1 is 1.05 bits per heavy atom. The molecule has 0 amide bonds. The van der Waals surface area contributed by atoms with Crippen LogP contribution in [0.15, 0.2) is 29.2 Å². The second-order valence-corrected chi connectivity index (χ2v) is 8.03. The highest BCUT2D eigenvalue weighted by atomic mass is 32.2. The second kappa shape index (κ2) is 5.15. The van der Waals surface area contributed by atoms with Gasteiger partial charge in [0, 0.05) is 0 Å². The van der Waals surface area contributed by atoms with E-state index in [9.17, 15) is 8.42 Å². The van der Waals surface area contributed by atoms with Gasteiger partial charge in [0.15, 0.2) is 0 Å². The molecule has 0 saturated heterocycles. The van der Waals surface area contributed by atoms with Gasteiger partial charge in [0.2, 0.25) is 0 Å². The lowest BCUT2D eigenvalue weighted by atomic mass is 9.59. The summed E-state index contributed by atoms with van der Waals surface area (Å²) in [6.07, 6.45) is 8.12. The Morgan fingerprint density at radius 2 is 1.65 bits per heavy atom. The largest absolute Gasteiger partial charge is 0.297 e. The predicted octanol–water partition coefficient (Wildman–Crippen LogP) is 3.81. The van der Waals surface area contributed by atoms with Gasteiger partial charge < -0.3 is 0 Å². The molecule has 0 N–H and O–H groups in total. The molecule has 4 heteroatoms. The maximum atomic E-state index is 12.2. The highest BCUT2D eigenvalue weighted by Crippen LogP contribution is 2.53. The summed E-state index contributed by atoms with van der Waals surface area (Å²) in [6.45, 7) is 1.94. The molecular weight excluding hydrogens is 272 g/mol. The summed E-state index contributed by atoms with van der Waals surface area (Å²) in [5, 5.41) is 0. The van der Waals surface area contributed by atoms with Crippen LogP contribution in [0.3, 0.4) is 0 Å². The minimum absolute atomic E-state index is 0.112. The second-order valence-electron chi connectivity index (χ2n) is 6.45. The Bertz CT molecular complexity index is 560. The molecule has 0 atom stereocenters. The SMILES string of the molecule is Cc1ccc(S(=O)(=O)OC2CC3(CCCCC3)C2)cc1. The smallest absolute Gasteiger partial charge is 0.263 e. The summed E-state index contributed by atoms with van der Waals surface area (Å²) in [5.74, 6) is 0. The fraction of sp³-hybridized carbons (Fsp3) is 0.625. The first kappa shape index (κ1) is 14.1. The standard InChI is InChI=1S/C16H22O3S/c1-13-5-7-15(8-6-13)20(17,18)19-14-11-16(12-14)9-3-2-4-10-16/h5-8,14H,2-4,9-12H2,1H3. The third-order valence-electron chi connectivity index (χ3n) is 4.81. The molecule has 3 nitrogen and oxygen atoms in total. The Hall–Kier alpha value is -0.870. The molecule has 20 heavy (non-hydrogen) atoms. The van der Waals surface area contributed by atoms with Crippen molar-refractivity contribution in [1.82, 2.24) is 0 Å². The Morgan fingerprint density at radius 3 is 2.25 bits per heavy atom. The number of hydrogen-bond donors (Lipinski definition) is 0. The van der Waals surface area contributed by atoms with Crippen LogP contribution >= 0.6 is 0 Å². The molecule has 2 aliphatic carbocycles. The van der Waals surface area contributed by atoms with E-state index in [2.05, 4.69) is 0 Å². The lowest BCUT2D eigenvalue weighted by Gasteiger charge is -2.49. The number of hydrogen-bond acceptors (Lipinski definition) is 3. The van der Waals surface area contributed by atoms with E-state index in [0.717, 1.165) is 18.4 Å². The van der Waals surface area contributed by atoms with Crippen molar-refractivity contribution >= 4 is 10.1 Å². The molecule has 0 heterocycles. The Labute approximate surface area is 121 Å². The predicted molar refractivity (Wildman–Crippen MR) is 78.0 cm³/mol. The van der Waals surface area contributed by atoms with Gasteiger partial charge in [0.25, 0.3) is 10.1 Å². The van der Waals surface area contributed by atoms with E-state index in [1.54, 1.807) is 24.3 Å². The highest BCUT2D eigenvalue weighted by Gasteiger charge is 2.46. The minimum atomic E-state index is -3.59. The average Bonchev–Trinajstić information content (AvgIpc) is 2.38. The maximum absolute atomic E-state index is 12.2. The molecule has 0 radical (unpaired) electrons. The Balaban J connectivity index is 1.62. The quantitative estimate of drug-likeness (QED) is 0.796. The molecule has 3 rings (SSSR count). The van der Waals surface area contributed by atoms with Crippen LogP contribution in [0.5, 0.6) is 0 Å². The number of aryl methyl sites for hydroxylation is 1. The fourth-order valence-electron chi connectivity index (χ4n) is 3.62. The summed E-state index contributed by atoms with van der Waals surface area (Å²) in [6, 6.07) is 6.86. The maximum Gasteiger partial charge on any atom is 0.297 e. The van der Waals surface area contributed by atoms with Crippen molar-refractivity contribution in [2.45, 2.75) is 62.9 Å². The van der Waals surface area contributed by atoms with Crippen molar-refractivity contribution in [3.05, 3.63) is 29.8 Å². The molecule has 1 spiro atoms. The molecule has 0 aliphatic heterocycles. The lowest BCUT2D eigenvalue weighted by Crippen LogP contribution is -2.44.